The molecule has 0 saturated carbocycles. The van der Waals surface area contributed by atoms with Crippen LogP contribution in [0.2, 0.25) is 0 Å². The summed E-state index contributed by atoms with van der Waals surface area (Å²) >= 11 is 0. The van der Waals surface area contributed by atoms with E-state index in [1.807, 2.05) is 0 Å². The highest BCUT2D eigenvalue weighted by Gasteiger charge is 2.44. The van der Waals surface area contributed by atoms with Crippen molar-refractivity contribution in [3.05, 3.63) is 35.4 Å². The van der Waals surface area contributed by atoms with E-state index < -0.39 is 47.6 Å². The summed E-state index contributed by atoms with van der Waals surface area (Å²) in [5.74, 6) is 1.52. The van der Waals surface area contributed by atoms with Crippen molar-refractivity contribution in [1.29, 1.82) is 0 Å². The van der Waals surface area contributed by atoms with Crippen molar-refractivity contribution in [2.24, 2.45) is 5.41 Å². The normalized spacial score (nSPS) is 20.2. The van der Waals surface area contributed by atoms with E-state index in [0.717, 1.165) is 5.56 Å². The van der Waals surface area contributed by atoms with Crippen LogP contribution in [0.5, 0.6) is 0 Å². The molecule has 4 N–H and O–H groups in total. The Morgan fingerprint density at radius 3 is 2.38 bits per heavy atom. The Hall–Kier alpha value is -3.09. The van der Waals surface area contributed by atoms with Gasteiger partial charge in [0.2, 0.25) is 11.8 Å². The second-order valence-electron chi connectivity index (χ2n) is 8.93. The van der Waals surface area contributed by atoms with Gasteiger partial charge < -0.3 is 30.5 Å². The molecule has 0 aliphatic carbocycles. The molecule has 32 heavy (non-hydrogen) atoms. The third-order valence-electron chi connectivity index (χ3n) is 5.38. The number of ether oxygens (including phenoxy) is 1. The molecule has 3 amide bonds. The van der Waals surface area contributed by atoms with Gasteiger partial charge in [-0.3, -0.25) is 9.59 Å². The monoisotopic (exact) mass is 445 g/mol. The minimum absolute atomic E-state index is 0.0528. The summed E-state index contributed by atoms with van der Waals surface area (Å²) in [4.78, 5) is 38.8. The topological polar surface area (TPSA) is 128 Å². The first-order valence-electron chi connectivity index (χ1n) is 10.3. The second-order valence-corrected chi connectivity index (χ2v) is 8.93. The van der Waals surface area contributed by atoms with Gasteiger partial charge in [-0.05, 0) is 23.1 Å². The Balaban J connectivity index is 2.24. The Bertz CT molecular complexity index is 871. The third kappa shape index (κ3) is 6.22. The number of aliphatic hydroxyl groups is 1. The van der Waals surface area contributed by atoms with Gasteiger partial charge >= 0.3 is 6.09 Å². The van der Waals surface area contributed by atoms with E-state index >= 15 is 0 Å². The molecule has 9 heteroatoms. The van der Waals surface area contributed by atoms with Crippen LogP contribution >= 0.6 is 0 Å². The minimum Gasteiger partial charge on any atom is -0.465 e. The van der Waals surface area contributed by atoms with E-state index in [9.17, 15) is 24.6 Å². The zero-order valence-electron chi connectivity index (χ0n) is 18.8. The first-order chi connectivity index (χ1) is 15.0. The van der Waals surface area contributed by atoms with E-state index in [1.165, 1.54) is 12.0 Å². The molecule has 9 nitrogen and oxygen atoms in total. The number of benzene rings is 1. The highest BCUT2D eigenvalue weighted by molar-refractivity contribution is 5.92. The largest absolute Gasteiger partial charge is 0.465 e. The molecule has 1 aliphatic heterocycles. The van der Waals surface area contributed by atoms with Crippen LogP contribution in [0.25, 0.3) is 0 Å². The molecule has 4 atom stereocenters. The molecule has 1 heterocycles. The third-order valence-corrected chi connectivity index (χ3v) is 5.38. The standard InChI is InChI=1S/C23H31N3O6/c1-6-14-7-9-15(10-8-14)17(13-32-5)24-20(28)18-11-16(27)12-26(18)21(29)19(23(2,3)4)25-22(30)31/h1,7-10,16-19,25,27H,11-13H2,2-5H3,(H,24,28)(H,30,31)/t16-,17+,18+,19?/m1/s1. The van der Waals surface area contributed by atoms with Crippen LogP contribution in [0.4, 0.5) is 4.79 Å². The van der Waals surface area contributed by atoms with Crippen molar-refractivity contribution in [3.63, 3.8) is 0 Å². The Kier molecular flexibility index (Phi) is 8.25. The first kappa shape index (κ1) is 25.2. The highest BCUT2D eigenvalue weighted by Crippen LogP contribution is 2.27. The number of terminal acetylenes is 1. The molecule has 0 spiro atoms. The van der Waals surface area contributed by atoms with Crippen LogP contribution in [0.3, 0.4) is 0 Å². The average molecular weight is 446 g/mol. The summed E-state index contributed by atoms with van der Waals surface area (Å²) < 4.78 is 5.24. The van der Waals surface area contributed by atoms with Gasteiger partial charge in [0.15, 0.2) is 0 Å². The van der Waals surface area contributed by atoms with Crippen LogP contribution < -0.4 is 10.6 Å². The average Bonchev–Trinajstić information content (AvgIpc) is 3.12. The SMILES string of the molecule is C#Cc1ccc([C@H](COC)NC(=O)[C@@H]2C[C@@H](O)CN2C(=O)C(NC(=O)O)C(C)(C)C)cc1. The van der Waals surface area contributed by atoms with Gasteiger partial charge in [0.25, 0.3) is 0 Å². The summed E-state index contributed by atoms with van der Waals surface area (Å²) in [5, 5.41) is 24.5. The molecule has 174 valence electrons. The number of β-amino-alcohol motifs (C(OH)–C–C–N with tert-alkyl or cyclic N) is 1. The lowest BCUT2D eigenvalue weighted by Gasteiger charge is -2.35. The maximum Gasteiger partial charge on any atom is 0.405 e. The number of carbonyl (C=O) groups excluding carboxylic acids is 2. The zero-order valence-corrected chi connectivity index (χ0v) is 18.8. The molecule has 1 unspecified atom stereocenters. The number of hydrogen-bond donors (Lipinski definition) is 4. The first-order valence-corrected chi connectivity index (χ1v) is 10.3. The molecule has 0 radical (unpaired) electrons. The zero-order chi connectivity index (χ0) is 24.1. The number of likely N-dealkylation sites (tertiary alicyclic amines) is 1. The Labute approximate surface area is 188 Å². The van der Waals surface area contributed by atoms with Gasteiger partial charge in [-0.2, -0.15) is 0 Å². The van der Waals surface area contributed by atoms with E-state index in [1.54, 1.807) is 45.0 Å². The summed E-state index contributed by atoms with van der Waals surface area (Å²) in [6.45, 7) is 5.30. The smallest absolute Gasteiger partial charge is 0.405 e. The molecule has 0 aromatic heterocycles. The number of carboxylic acid groups (broad SMARTS) is 1. The van der Waals surface area contributed by atoms with Crippen LogP contribution in [0, 0.1) is 17.8 Å². The number of nitrogens with zero attached hydrogens (tertiary/aromatic N) is 1. The van der Waals surface area contributed by atoms with Crippen molar-refractivity contribution in [1.82, 2.24) is 15.5 Å². The number of amides is 3. The van der Waals surface area contributed by atoms with Crippen LogP contribution in [0.15, 0.2) is 24.3 Å². The van der Waals surface area contributed by atoms with E-state index in [2.05, 4.69) is 16.6 Å². The van der Waals surface area contributed by atoms with E-state index in [0.29, 0.717) is 5.56 Å². The predicted molar refractivity (Wildman–Crippen MR) is 118 cm³/mol. The predicted octanol–water partition coefficient (Wildman–Crippen LogP) is 1.12. The second kappa shape index (κ2) is 10.5. The van der Waals surface area contributed by atoms with Crippen LogP contribution in [0.1, 0.15) is 44.4 Å². The van der Waals surface area contributed by atoms with Crippen molar-refractivity contribution >= 4 is 17.9 Å². The van der Waals surface area contributed by atoms with Gasteiger partial charge in [-0.1, -0.05) is 38.8 Å². The maximum absolute atomic E-state index is 13.2. The van der Waals surface area contributed by atoms with Gasteiger partial charge in [0.1, 0.15) is 12.1 Å². The molecule has 1 aromatic carbocycles. The molecule has 1 fully saturated rings. The van der Waals surface area contributed by atoms with Crippen LogP contribution in [-0.4, -0.2) is 71.5 Å². The minimum atomic E-state index is -1.34. The van der Waals surface area contributed by atoms with Crippen LogP contribution in [-0.2, 0) is 14.3 Å². The summed E-state index contributed by atoms with van der Waals surface area (Å²) in [6.07, 6.45) is 3.21. The fourth-order valence-corrected chi connectivity index (χ4v) is 3.71. The van der Waals surface area contributed by atoms with Gasteiger partial charge in [-0.15, -0.1) is 6.42 Å². The van der Waals surface area contributed by atoms with Crippen molar-refractivity contribution in [3.8, 4) is 12.3 Å². The van der Waals surface area contributed by atoms with Gasteiger partial charge in [0.05, 0.1) is 18.8 Å². The van der Waals surface area contributed by atoms with Gasteiger partial charge in [-0.25, -0.2) is 4.79 Å². The summed E-state index contributed by atoms with van der Waals surface area (Å²) in [5.41, 5.74) is 0.739. The summed E-state index contributed by atoms with van der Waals surface area (Å²) in [7, 11) is 1.51. The lowest BCUT2D eigenvalue weighted by molar-refractivity contribution is -0.142. The molecular formula is C23H31N3O6. The fraction of sp³-hybridized carbons (Fsp3) is 0.522. The number of methoxy groups -OCH3 is 1. The number of hydrogen-bond acceptors (Lipinski definition) is 5. The molecule has 1 saturated heterocycles. The number of nitrogens with one attached hydrogen (secondary N) is 2. The lowest BCUT2D eigenvalue weighted by Crippen LogP contribution is -2.57. The lowest BCUT2D eigenvalue weighted by atomic mass is 9.85. The quantitative estimate of drug-likeness (QED) is 0.466. The number of aliphatic hydroxyl groups excluding tert-OH is 1. The molecule has 0 bridgehead atoms. The maximum atomic E-state index is 13.2. The van der Waals surface area contributed by atoms with Crippen molar-refractivity contribution in [2.75, 3.05) is 20.3 Å². The number of rotatable bonds is 7. The molecular weight excluding hydrogens is 414 g/mol. The van der Waals surface area contributed by atoms with Crippen molar-refractivity contribution in [2.45, 2.75) is 51.4 Å². The molecule has 1 aromatic rings. The molecule has 2 rings (SSSR count). The fourth-order valence-electron chi connectivity index (χ4n) is 3.71. The Morgan fingerprint density at radius 2 is 1.88 bits per heavy atom. The highest BCUT2D eigenvalue weighted by atomic mass is 16.5. The van der Waals surface area contributed by atoms with E-state index in [-0.39, 0.29) is 19.6 Å². The van der Waals surface area contributed by atoms with Gasteiger partial charge in [0, 0.05) is 25.6 Å². The number of carbonyl (C=O) groups is 3. The molecule has 1 aliphatic rings. The van der Waals surface area contributed by atoms with Crippen molar-refractivity contribution < 1.29 is 29.3 Å². The summed E-state index contributed by atoms with van der Waals surface area (Å²) in [6, 6.07) is 4.57. The van der Waals surface area contributed by atoms with E-state index in [4.69, 9.17) is 11.2 Å². The Morgan fingerprint density at radius 1 is 1.25 bits per heavy atom.